The average Bonchev–Trinajstić information content (AvgIpc) is 3.81. The lowest BCUT2D eigenvalue weighted by atomic mass is 9.99. The molecule has 10 aromatic rings. The molecule has 0 bridgehead atoms. The first-order valence-electron chi connectivity index (χ1n) is 18.3. The maximum Gasteiger partial charge on any atom is 0.159 e. The van der Waals surface area contributed by atoms with E-state index in [1.54, 1.807) is 0 Å². The number of hydrogen-bond acceptors (Lipinski definition) is 2. The second kappa shape index (κ2) is 11.2. The molecule has 53 heavy (non-hydrogen) atoms. The number of hydrogen-bond donors (Lipinski definition) is 0. The summed E-state index contributed by atoms with van der Waals surface area (Å²) in [6.45, 7) is 4.86. The van der Waals surface area contributed by atoms with E-state index in [1.165, 1.54) is 54.2 Å². The highest BCUT2D eigenvalue weighted by Gasteiger charge is 2.41. The number of benzene rings is 7. The normalized spacial score (nSPS) is 13.2. The lowest BCUT2D eigenvalue weighted by Gasteiger charge is -2.20. The first kappa shape index (κ1) is 30.1. The van der Waals surface area contributed by atoms with E-state index in [2.05, 4.69) is 192 Å². The molecular formula is C48H34N4Si. The zero-order valence-electron chi connectivity index (χ0n) is 29.5. The Labute approximate surface area is 308 Å². The number of aromatic nitrogens is 4. The molecule has 0 N–H and O–H groups in total. The zero-order valence-corrected chi connectivity index (χ0v) is 30.5. The molecule has 1 aliphatic rings. The maximum absolute atomic E-state index is 5.51. The molecule has 0 atom stereocenters. The van der Waals surface area contributed by atoms with Gasteiger partial charge in [-0.1, -0.05) is 147 Å². The lowest BCUT2D eigenvalue weighted by molar-refractivity contribution is 1.16. The van der Waals surface area contributed by atoms with Gasteiger partial charge in [-0.2, -0.15) is 0 Å². The highest BCUT2D eigenvalue weighted by Crippen LogP contribution is 2.44. The number of fused-ring (bicyclic) bond motifs is 10. The molecule has 0 aliphatic carbocycles. The first-order valence-corrected chi connectivity index (χ1v) is 21.3. The third-order valence-corrected chi connectivity index (χ3v) is 14.6. The van der Waals surface area contributed by atoms with Gasteiger partial charge >= 0.3 is 0 Å². The van der Waals surface area contributed by atoms with E-state index in [0.29, 0.717) is 0 Å². The Hall–Kier alpha value is -6.56. The summed E-state index contributed by atoms with van der Waals surface area (Å²) in [5.74, 6) is 0.777. The van der Waals surface area contributed by atoms with E-state index < -0.39 is 8.07 Å². The van der Waals surface area contributed by atoms with Crippen LogP contribution in [0.25, 0.3) is 88.8 Å². The highest BCUT2D eigenvalue weighted by atomic mass is 28.3. The van der Waals surface area contributed by atoms with Crippen LogP contribution in [0.1, 0.15) is 0 Å². The third kappa shape index (κ3) is 4.23. The van der Waals surface area contributed by atoms with Crippen molar-refractivity contribution in [1.82, 2.24) is 19.1 Å². The summed E-state index contributed by atoms with van der Waals surface area (Å²) in [6.07, 6.45) is 0. The lowest BCUT2D eigenvalue weighted by Crippen LogP contribution is -2.50. The number of rotatable bonds is 4. The van der Waals surface area contributed by atoms with Gasteiger partial charge in [-0.15, -0.1) is 0 Å². The summed E-state index contributed by atoms with van der Waals surface area (Å²) in [5.41, 5.74) is 12.6. The van der Waals surface area contributed by atoms with Gasteiger partial charge in [0.2, 0.25) is 0 Å². The van der Waals surface area contributed by atoms with E-state index >= 15 is 0 Å². The predicted molar refractivity (Wildman–Crippen MR) is 224 cm³/mol. The Morgan fingerprint density at radius 2 is 1.09 bits per heavy atom. The largest absolute Gasteiger partial charge is 0.309 e. The fourth-order valence-corrected chi connectivity index (χ4v) is 11.8. The second-order valence-electron chi connectivity index (χ2n) is 14.6. The Morgan fingerprint density at radius 3 is 1.89 bits per heavy atom. The van der Waals surface area contributed by atoms with Crippen molar-refractivity contribution in [3.8, 4) is 45.1 Å². The van der Waals surface area contributed by atoms with Crippen LogP contribution in [0.4, 0.5) is 0 Å². The van der Waals surface area contributed by atoms with E-state index in [9.17, 15) is 0 Å². The molecule has 7 aromatic carbocycles. The van der Waals surface area contributed by atoms with Crippen molar-refractivity contribution < 1.29 is 0 Å². The van der Waals surface area contributed by atoms with Gasteiger partial charge in [0.25, 0.3) is 0 Å². The Morgan fingerprint density at radius 1 is 0.472 bits per heavy atom. The van der Waals surface area contributed by atoms with Gasteiger partial charge in [0, 0.05) is 49.2 Å². The van der Waals surface area contributed by atoms with E-state index in [4.69, 9.17) is 9.97 Å². The minimum Gasteiger partial charge on any atom is -0.309 e. The number of para-hydroxylation sites is 4. The van der Waals surface area contributed by atoms with Crippen LogP contribution in [-0.4, -0.2) is 27.2 Å². The van der Waals surface area contributed by atoms with E-state index in [-0.39, 0.29) is 0 Å². The number of nitrogens with zero attached hydrogens (tertiary/aromatic N) is 4. The molecule has 1 aliphatic heterocycles. The van der Waals surface area contributed by atoms with Gasteiger partial charge in [0.1, 0.15) is 8.07 Å². The van der Waals surface area contributed by atoms with Crippen LogP contribution in [0.3, 0.4) is 0 Å². The summed E-state index contributed by atoms with van der Waals surface area (Å²) in [5, 5.41) is 7.58. The van der Waals surface area contributed by atoms with Crippen molar-refractivity contribution in [3.05, 3.63) is 170 Å². The van der Waals surface area contributed by atoms with Crippen molar-refractivity contribution in [3.63, 3.8) is 0 Å². The molecule has 4 nitrogen and oxygen atoms in total. The van der Waals surface area contributed by atoms with Crippen molar-refractivity contribution in [2.45, 2.75) is 13.1 Å². The fraction of sp³-hybridized carbons (Fsp3) is 0.0417. The SMILES string of the molecule is C[Si]1(C)c2ccccc2-c2c(-c3ccccc3-n3c4ccccc4c4c3ccc3c5ccccc5n(-c5ccccc5)c34)nc(-c3ccccc3)nc21. The Balaban J connectivity index is 1.27. The summed E-state index contributed by atoms with van der Waals surface area (Å²) >= 11 is 0. The molecule has 5 heteroatoms. The van der Waals surface area contributed by atoms with Crippen LogP contribution in [0, 0.1) is 0 Å². The minimum absolute atomic E-state index is 0.777. The van der Waals surface area contributed by atoms with Gasteiger partial charge in [0.05, 0.1) is 33.4 Å². The first-order chi connectivity index (χ1) is 26.1. The molecule has 0 unspecified atom stereocenters. The third-order valence-electron chi connectivity index (χ3n) is 11.3. The maximum atomic E-state index is 5.51. The van der Waals surface area contributed by atoms with Crippen LogP contribution in [-0.2, 0) is 0 Å². The zero-order chi connectivity index (χ0) is 35.3. The topological polar surface area (TPSA) is 35.6 Å². The Kier molecular flexibility index (Phi) is 6.37. The molecule has 0 radical (unpaired) electrons. The summed E-state index contributed by atoms with van der Waals surface area (Å²) in [7, 11) is -2.13. The van der Waals surface area contributed by atoms with E-state index in [0.717, 1.165) is 45.1 Å². The van der Waals surface area contributed by atoms with Gasteiger partial charge in [-0.25, -0.2) is 9.97 Å². The molecule has 0 saturated heterocycles. The fourth-order valence-electron chi connectivity index (χ4n) is 8.94. The standard InChI is InChI=1S/C48H34N4Si/c1-53(2)42-28-16-12-24-37(42)44-45(49-47(50-48(44)53)31-17-5-3-6-18-31)36-23-11-15-27-40(36)52-39-26-14-10-22-35(39)43-41(52)30-29-34-33-21-9-13-25-38(33)51(46(34)43)32-19-7-4-8-20-32/h3-30H,1-2H3. The van der Waals surface area contributed by atoms with Gasteiger partial charge < -0.3 is 9.13 Å². The molecule has 4 heterocycles. The smallest absolute Gasteiger partial charge is 0.159 e. The van der Waals surface area contributed by atoms with Crippen molar-refractivity contribution >= 4 is 62.2 Å². The average molecular weight is 695 g/mol. The van der Waals surface area contributed by atoms with Crippen molar-refractivity contribution in [1.29, 1.82) is 0 Å². The second-order valence-corrected chi connectivity index (χ2v) is 18.8. The Bertz CT molecular complexity index is 3080. The quantitative estimate of drug-likeness (QED) is 0.172. The monoisotopic (exact) mass is 694 g/mol. The molecule has 0 amide bonds. The van der Waals surface area contributed by atoms with Gasteiger partial charge in [0.15, 0.2) is 5.82 Å². The predicted octanol–water partition coefficient (Wildman–Crippen LogP) is 10.8. The van der Waals surface area contributed by atoms with Gasteiger partial charge in [-0.3, -0.25) is 0 Å². The molecular weight excluding hydrogens is 661 g/mol. The van der Waals surface area contributed by atoms with Crippen LogP contribution < -0.4 is 10.5 Å². The minimum atomic E-state index is -2.13. The molecule has 0 spiro atoms. The highest BCUT2D eigenvalue weighted by molar-refractivity contribution is 7.03. The molecule has 250 valence electrons. The van der Waals surface area contributed by atoms with Crippen LogP contribution in [0.15, 0.2) is 170 Å². The molecule has 0 fully saturated rings. The van der Waals surface area contributed by atoms with Crippen LogP contribution >= 0.6 is 0 Å². The van der Waals surface area contributed by atoms with Crippen molar-refractivity contribution in [2.75, 3.05) is 0 Å². The van der Waals surface area contributed by atoms with Gasteiger partial charge in [-0.05, 0) is 47.1 Å². The summed E-state index contributed by atoms with van der Waals surface area (Å²) in [4.78, 5) is 10.9. The molecule has 0 saturated carbocycles. The van der Waals surface area contributed by atoms with E-state index in [1.807, 2.05) is 0 Å². The summed E-state index contributed by atoms with van der Waals surface area (Å²) < 4.78 is 4.91. The molecule has 3 aromatic heterocycles. The van der Waals surface area contributed by atoms with Crippen molar-refractivity contribution in [2.24, 2.45) is 0 Å². The van der Waals surface area contributed by atoms with Crippen LogP contribution in [0.2, 0.25) is 13.1 Å². The summed E-state index contributed by atoms with van der Waals surface area (Å²) in [6, 6.07) is 61.2. The molecule has 11 rings (SSSR count). The van der Waals surface area contributed by atoms with Crippen LogP contribution in [0.5, 0.6) is 0 Å².